The van der Waals surface area contributed by atoms with Gasteiger partial charge in [0, 0.05) is 5.92 Å². The van der Waals surface area contributed by atoms with Crippen molar-refractivity contribution in [3.8, 4) is 0 Å². The second-order valence-corrected chi connectivity index (χ2v) is 8.08. The maximum atomic E-state index is 12.8. The highest BCUT2D eigenvalue weighted by molar-refractivity contribution is 7.93. The topological polar surface area (TPSA) is 54.4 Å². The van der Waals surface area contributed by atoms with Crippen LogP contribution in [0.15, 0.2) is 47.9 Å². The lowest BCUT2D eigenvalue weighted by atomic mass is 10.0. The highest BCUT2D eigenvalue weighted by atomic mass is 32.2. The van der Waals surface area contributed by atoms with E-state index >= 15 is 0 Å². The molecule has 1 saturated carbocycles. The summed E-state index contributed by atoms with van der Waals surface area (Å²) in [5.74, 6) is -0.247. The Morgan fingerprint density at radius 2 is 2.00 bits per heavy atom. The first-order valence-electron chi connectivity index (χ1n) is 6.39. The van der Waals surface area contributed by atoms with Gasteiger partial charge in [-0.1, -0.05) is 24.3 Å². The number of aliphatic hydroxyl groups is 1. The minimum Gasteiger partial charge on any atom is -0.390 e. The van der Waals surface area contributed by atoms with E-state index in [4.69, 9.17) is 0 Å². The molecule has 1 aliphatic carbocycles. The third-order valence-electron chi connectivity index (χ3n) is 3.96. The zero-order valence-corrected chi connectivity index (χ0v) is 12.2. The largest absolute Gasteiger partial charge is 0.390 e. The van der Waals surface area contributed by atoms with E-state index in [1.54, 1.807) is 50.3 Å². The number of benzene rings is 1. The van der Waals surface area contributed by atoms with Crippen molar-refractivity contribution in [3.63, 3.8) is 0 Å². The first-order valence-corrected chi connectivity index (χ1v) is 7.87. The maximum absolute atomic E-state index is 12.8. The lowest BCUT2D eigenvalue weighted by Crippen LogP contribution is -2.34. The van der Waals surface area contributed by atoms with Crippen molar-refractivity contribution in [2.45, 2.75) is 41.9 Å². The molecule has 0 amide bonds. The van der Waals surface area contributed by atoms with E-state index in [9.17, 15) is 13.5 Å². The molecule has 1 N–H and O–H groups in total. The fraction of sp³-hybridized carbons (Fsp3) is 0.467. The van der Waals surface area contributed by atoms with Crippen LogP contribution in [-0.2, 0) is 9.84 Å². The van der Waals surface area contributed by atoms with E-state index in [2.05, 4.69) is 6.58 Å². The van der Waals surface area contributed by atoms with Gasteiger partial charge < -0.3 is 5.11 Å². The summed E-state index contributed by atoms with van der Waals surface area (Å²) < 4.78 is 24.7. The molecule has 2 rings (SSSR count). The van der Waals surface area contributed by atoms with E-state index in [0.717, 1.165) is 0 Å². The summed E-state index contributed by atoms with van der Waals surface area (Å²) in [5, 5.41) is 10.1. The molecule has 2 atom stereocenters. The average molecular weight is 280 g/mol. The van der Waals surface area contributed by atoms with Gasteiger partial charge in [0.25, 0.3) is 0 Å². The Hall–Kier alpha value is -1.13. The summed E-state index contributed by atoms with van der Waals surface area (Å²) in [5.41, 5.74) is -0.995. The molecule has 0 bridgehead atoms. The van der Waals surface area contributed by atoms with E-state index in [1.165, 1.54) is 0 Å². The van der Waals surface area contributed by atoms with Crippen molar-refractivity contribution >= 4 is 9.84 Å². The molecule has 0 radical (unpaired) electrons. The standard InChI is InChI=1S/C15H20O3S/c1-4-10-15(11-13(15)14(2,3)16)19(17,18)12-8-6-5-7-9-12/h4-9,13,16H,1,10-11H2,2-3H3/t13-,15-/m1/s1. The van der Waals surface area contributed by atoms with E-state index in [0.29, 0.717) is 17.7 Å². The van der Waals surface area contributed by atoms with Crippen LogP contribution in [0.2, 0.25) is 0 Å². The van der Waals surface area contributed by atoms with Crippen molar-refractivity contribution in [1.82, 2.24) is 0 Å². The first-order chi connectivity index (χ1) is 8.75. The highest BCUT2D eigenvalue weighted by Crippen LogP contribution is 2.59. The van der Waals surface area contributed by atoms with Crippen molar-refractivity contribution < 1.29 is 13.5 Å². The lowest BCUT2D eigenvalue weighted by Gasteiger charge is -2.23. The smallest absolute Gasteiger partial charge is 0.184 e. The summed E-state index contributed by atoms with van der Waals surface area (Å²) in [7, 11) is -3.45. The molecule has 104 valence electrons. The normalized spacial score (nSPS) is 27.0. The number of rotatable bonds is 5. The third kappa shape index (κ3) is 2.23. The molecule has 0 unspecified atom stereocenters. The molecule has 1 aliphatic rings. The second-order valence-electron chi connectivity index (χ2n) is 5.78. The van der Waals surface area contributed by atoms with Crippen molar-refractivity contribution in [1.29, 1.82) is 0 Å². The molecule has 4 heteroatoms. The molecular weight excluding hydrogens is 260 g/mol. The third-order valence-corrected chi connectivity index (χ3v) is 6.54. The number of hydrogen-bond acceptors (Lipinski definition) is 3. The molecule has 3 nitrogen and oxygen atoms in total. The Bertz CT molecular complexity index is 569. The van der Waals surface area contributed by atoms with Crippen LogP contribution in [-0.4, -0.2) is 23.9 Å². The molecule has 19 heavy (non-hydrogen) atoms. The average Bonchev–Trinajstić information content (AvgIpc) is 3.07. The van der Waals surface area contributed by atoms with Crippen LogP contribution in [0, 0.1) is 5.92 Å². The van der Waals surface area contributed by atoms with E-state index in [-0.39, 0.29) is 5.92 Å². The summed E-state index contributed by atoms with van der Waals surface area (Å²) in [6.07, 6.45) is 2.49. The van der Waals surface area contributed by atoms with Gasteiger partial charge in [-0.05, 0) is 38.8 Å². The number of hydrogen-bond donors (Lipinski definition) is 1. The lowest BCUT2D eigenvalue weighted by molar-refractivity contribution is 0.0527. The zero-order chi connectivity index (χ0) is 14.3. The van der Waals surface area contributed by atoms with Crippen LogP contribution in [0.25, 0.3) is 0 Å². The van der Waals surface area contributed by atoms with Gasteiger partial charge in [0.2, 0.25) is 0 Å². The van der Waals surface area contributed by atoms with Gasteiger partial charge in [-0.25, -0.2) is 8.42 Å². The first kappa shape index (κ1) is 14.3. The summed E-state index contributed by atoms with van der Waals surface area (Å²) in [6.45, 7) is 7.00. The predicted molar refractivity (Wildman–Crippen MR) is 75.6 cm³/mol. The van der Waals surface area contributed by atoms with Gasteiger partial charge in [0.1, 0.15) is 0 Å². The van der Waals surface area contributed by atoms with Gasteiger partial charge in [-0.3, -0.25) is 0 Å². The Kier molecular flexibility index (Phi) is 3.35. The van der Waals surface area contributed by atoms with Crippen LogP contribution in [0.5, 0.6) is 0 Å². The predicted octanol–water partition coefficient (Wildman–Crippen LogP) is 2.57. The van der Waals surface area contributed by atoms with Crippen molar-refractivity contribution in [2.24, 2.45) is 5.92 Å². The molecule has 0 spiro atoms. The fourth-order valence-corrected chi connectivity index (χ4v) is 5.26. The van der Waals surface area contributed by atoms with Gasteiger partial charge in [-0.2, -0.15) is 0 Å². The molecule has 0 aliphatic heterocycles. The van der Waals surface area contributed by atoms with Crippen LogP contribution in [0.3, 0.4) is 0 Å². The monoisotopic (exact) mass is 280 g/mol. The van der Waals surface area contributed by atoms with Gasteiger partial charge in [0.15, 0.2) is 9.84 Å². The second kappa shape index (κ2) is 4.46. The summed E-state index contributed by atoms with van der Waals surface area (Å²) in [4.78, 5) is 0.323. The van der Waals surface area contributed by atoms with Gasteiger partial charge >= 0.3 is 0 Å². The summed E-state index contributed by atoms with van der Waals surface area (Å²) in [6, 6.07) is 8.45. The Labute approximate surface area is 114 Å². The number of allylic oxidation sites excluding steroid dienone is 1. The van der Waals surface area contributed by atoms with Crippen LogP contribution in [0.4, 0.5) is 0 Å². The molecular formula is C15H20O3S. The molecule has 1 aromatic carbocycles. The highest BCUT2D eigenvalue weighted by Gasteiger charge is 2.67. The molecule has 1 aromatic rings. The van der Waals surface area contributed by atoms with Gasteiger partial charge in [0.05, 0.1) is 15.2 Å². The minimum absolute atomic E-state index is 0.247. The molecule has 1 fully saturated rings. The summed E-state index contributed by atoms with van der Waals surface area (Å²) >= 11 is 0. The number of sulfone groups is 1. The van der Waals surface area contributed by atoms with E-state index in [1.807, 2.05) is 0 Å². The van der Waals surface area contributed by atoms with Gasteiger partial charge in [-0.15, -0.1) is 6.58 Å². The SMILES string of the molecule is C=CC[C@@]1(S(=O)(=O)c2ccccc2)C[C@@H]1C(C)(C)O. The maximum Gasteiger partial charge on any atom is 0.184 e. The van der Waals surface area contributed by atoms with Crippen LogP contribution >= 0.6 is 0 Å². The zero-order valence-electron chi connectivity index (χ0n) is 11.3. The fourth-order valence-electron chi connectivity index (χ4n) is 2.89. The van der Waals surface area contributed by atoms with Crippen LogP contribution < -0.4 is 0 Å². The minimum atomic E-state index is -3.45. The Balaban J connectivity index is 2.46. The molecule has 0 saturated heterocycles. The van der Waals surface area contributed by atoms with Crippen molar-refractivity contribution in [3.05, 3.63) is 43.0 Å². The Morgan fingerprint density at radius 3 is 2.42 bits per heavy atom. The van der Waals surface area contributed by atoms with Crippen LogP contribution in [0.1, 0.15) is 26.7 Å². The Morgan fingerprint density at radius 1 is 1.42 bits per heavy atom. The molecule has 0 heterocycles. The quantitative estimate of drug-likeness (QED) is 0.843. The van der Waals surface area contributed by atoms with E-state index < -0.39 is 20.2 Å². The van der Waals surface area contributed by atoms with Crippen molar-refractivity contribution in [2.75, 3.05) is 0 Å². The molecule has 0 aromatic heterocycles.